The van der Waals surface area contributed by atoms with Gasteiger partial charge in [0.15, 0.2) is 4.34 Å². The second-order valence-electron chi connectivity index (χ2n) is 5.65. The van der Waals surface area contributed by atoms with E-state index < -0.39 is 0 Å². The van der Waals surface area contributed by atoms with E-state index in [1.807, 2.05) is 18.2 Å². The van der Waals surface area contributed by atoms with E-state index in [2.05, 4.69) is 34.6 Å². The summed E-state index contributed by atoms with van der Waals surface area (Å²) in [5, 5.41) is 11.7. The van der Waals surface area contributed by atoms with Gasteiger partial charge in [-0.1, -0.05) is 72.5 Å². The van der Waals surface area contributed by atoms with Crippen molar-refractivity contribution in [3.8, 4) is 0 Å². The summed E-state index contributed by atoms with van der Waals surface area (Å²) in [7, 11) is 0. The van der Waals surface area contributed by atoms with Crippen molar-refractivity contribution in [2.45, 2.75) is 29.4 Å². The molecule has 134 valence electrons. The molecule has 3 rings (SSSR count). The molecule has 0 radical (unpaired) electrons. The van der Waals surface area contributed by atoms with Gasteiger partial charge in [-0.3, -0.25) is 4.79 Å². The van der Waals surface area contributed by atoms with Gasteiger partial charge in [-0.25, -0.2) is 4.39 Å². The van der Waals surface area contributed by atoms with Crippen LogP contribution >= 0.6 is 23.1 Å². The van der Waals surface area contributed by atoms with Gasteiger partial charge < -0.3 is 5.32 Å². The number of rotatable bonds is 7. The number of benzene rings is 2. The smallest absolute Gasteiger partial charge is 0.230 e. The molecule has 0 aliphatic heterocycles. The first-order valence-corrected chi connectivity index (χ1v) is 9.93. The van der Waals surface area contributed by atoms with E-state index in [4.69, 9.17) is 0 Å². The van der Waals surface area contributed by atoms with Crippen LogP contribution in [0.25, 0.3) is 0 Å². The fourth-order valence-electron chi connectivity index (χ4n) is 2.48. The number of halogens is 1. The Balaban J connectivity index is 1.59. The molecule has 0 bridgehead atoms. The van der Waals surface area contributed by atoms with E-state index in [0.717, 1.165) is 10.8 Å². The second-order valence-corrected chi connectivity index (χ2v) is 8.08. The van der Waals surface area contributed by atoms with Crippen LogP contribution in [0.4, 0.5) is 9.52 Å². The number of thioether (sulfide) groups is 1. The van der Waals surface area contributed by atoms with E-state index in [1.165, 1.54) is 29.0 Å². The maximum Gasteiger partial charge on any atom is 0.230 e. The Morgan fingerprint density at radius 2 is 2.00 bits per heavy atom. The molecule has 3 aromatic rings. The van der Waals surface area contributed by atoms with E-state index in [1.54, 1.807) is 23.9 Å². The molecule has 1 heterocycles. The van der Waals surface area contributed by atoms with E-state index >= 15 is 0 Å². The Bertz CT molecular complexity index is 870. The van der Waals surface area contributed by atoms with Crippen LogP contribution in [0.5, 0.6) is 0 Å². The topological polar surface area (TPSA) is 54.9 Å². The number of carbonyl (C=O) groups excluding carboxylic acids is 1. The number of hydrogen-bond acceptors (Lipinski definition) is 5. The van der Waals surface area contributed by atoms with Crippen molar-refractivity contribution >= 4 is 34.1 Å². The average molecular weight is 388 g/mol. The summed E-state index contributed by atoms with van der Waals surface area (Å²) in [4.78, 5) is 12.1. The lowest BCUT2D eigenvalue weighted by atomic mass is 10.1. The molecule has 1 aromatic heterocycles. The van der Waals surface area contributed by atoms with Crippen LogP contribution in [0.2, 0.25) is 0 Å². The number of nitrogens with one attached hydrogen (secondary N) is 1. The zero-order chi connectivity index (χ0) is 18.4. The predicted molar refractivity (Wildman–Crippen MR) is 104 cm³/mol. The first-order valence-electron chi connectivity index (χ1n) is 8.23. The molecule has 0 saturated carbocycles. The van der Waals surface area contributed by atoms with Crippen LogP contribution in [0.3, 0.4) is 0 Å². The van der Waals surface area contributed by atoms with Gasteiger partial charge in [-0.05, 0) is 29.7 Å². The van der Waals surface area contributed by atoms with Gasteiger partial charge >= 0.3 is 0 Å². The lowest BCUT2D eigenvalue weighted by Crippen LogP contribution is -2.14. The van der Waals surface area contributed by atoms with Crippen molar-refractivity contribution < 1.29 is 9.18 Å². The summed E-state index contributed by atoms with van der Waals surface area (Å²) in [6.07, 6.45) is 1.07. The molecule has 4 nitrogen and oxygen atoms in total. The van der Waals surface area contributed by atoms with Crippen LogP contribution in [0.15, 0.2) is 58.9 Å². The Labute approximate surface area is 159 Å². The molecule has 0 aliphatic rings. The highest BCUT2D eigenvalue weighted by Crippen LogP contribution is 2.39. The number of aromatic nitrogens is 2. The van der Waals surface area contributed by atoms with Crippen LogP contribution in [0.1, 0.15) is 29.7 Å². The second kappa shape index (κ2) is 8.91. The summed E-state index contributed by atoms with van der Waals surface area (Å²) in [5.41, 5.74) is 1.86. The Morgan fingerprint density at radius 1 is 1.19 bits per heavy atom. The molecule has 0 fully saturated rings. The third-order valence-electron chi connectivity index (χ3n) is 3.69. The van der Waals surface area contributed by atoms with Crippen molar-refractivity contribution in [3.05, 3.63) is 71.5 Å². The van der Waals surface area contributed by atoms with Crippen molar-refractivity contribution in [1.82, 2.24) is 10.2 Å². The molecule has 1 atom stereocenters. The van der Waals surface area contributed by atoms with Gasteiger partial charge in [-0.15, -0.1) is 10.2 Å². The molecular weight excluding hydrogens is 369 g/mol. The van der Waals surface area contributed by atoms with Crippen molar-refractivity contribution in [2.75, 3.05) is 5.32 Å². The van der Waals surface area contributed by atoms with Crippen LogP contribution < -0.4 is 5.32 Å². The van der Waals surface area contributed by atoms with Gasteiger partial charge in [0.25, 0.3) is 0 Å². The molecule has 0 spiro atoms. The van der Waals surface area contributed by atoms with E-state index in [9.17, 15) is 9.18 Å². The molecule has 1 unspecified atom stereocenters. The molecule has 1 amide bonds. The zero-order valence-electron chi connectivity index (χ0n) is 14.2. The van der Waals surface area contributed by atoms with Gasteiger partial charge in [0.05, 0.1) is 6.42 Å². The van der Waals surface area contributed by atoms with Gasteiger partial charge in [-0.2, -0.15) is 0 Å². The fraction of sp³-hybridized carbons (Fsp3) is 0.211. The SMILES string of the molecule is CCC(Sc1nnc(NC(=O)Cc2cccc(F)c2)s1)c1ccccc1. The highest BCUT2D eigenvalue weighted by molar-refractivity contribution is 8.01. The average Bonchev–Trinajstić information content (AvgIpc) is 3.07. The molecule has 7 heteroatoms. The standard InChI is InChI=1S/C19H18FN3OS2/c1-2-16(14-8-4-3-5-9-14)25-19-23-22-18(26-19)21-17(24)12-13-7-6-10-15(20)11-13/h3-11,16H,2,12H2,1H3,(H,21,22,24). The first kappa shape index (κ1) is 18.5. The van der Waals surface area contributed by atoms with Crippen molar-refractivity contribution in [3.63, 3.8) is 0 Å². The maximum absolute atomic E-state index is 13.2. The lowest BCUT2D eigenvalue weighted by Gasteiger charge is -2.12. The number of carbonyl (C=O) groups is 1. The number of anilines is 1. The zero-order valence-corrected chi connectivity index (χ0v) is 15.8. The minimum atomic E-state index is -0.351. The van der Waals surface area contributed by atoms with Crippen LogP contribution in [0, 0.1) is 5.82 Å². The highest BCUT2D eigenvalue weighted by Gasteiger charge is 2.15. The normalized spacial score (nSPS) is 11.9. The third-order valence-corrected chi connectivity index (χ3v) is 6.04. The van der Waals surface area contributed by atoms with Crippen LogP contribution in [-0.4, -0.2) is 16.1 Å². The minimum absolute atomic E-state index is 0.0986. The number of nitrogens with zero attached hydrogens (tertiary/aromatic N) is 2. The first-order chi connectivity index (χ1) is 12.6. The van der Waals surface area contributed by atoms with Crippen molar-refractivity contribution in [2.24, 2.45) is 0 Å². The summed E-state index contributed by atoms with van der Waals surface area (Å²) >= 11 is 2.99. The predicted octanol–water partition coefficient (Wildman–Crippen LogP) is 5.10. The largest absolute Gasteiger partial charge is 0.300 e. The number of hydrogen-bond donors (Lipinski definition) is 1. The van der Waals surface area contributed by atoms with Crippen molar-refractivity contribution in [1.29, 1.82) is 0 Å². The Hall–Kier alpha value is -2.25. The minimum Gasteiger partial charge on any atom is -0.300 e. The molecular formula is C19H18FN3OS2. The van der Waals surface area contributed by atoms with E-state index in [-0.39, 0.29) is 18.1 Å². The van der Waals surface area contributed by atoms with Crippen LogP contribution in [-0.2, 0) is 11.2 Å². The Kier molecular flexibility index (Phi) is 6.35. The summed E-state index contributed by atoms with van der Waals surface area (Å²) < 4.78 is 14.0. The van der Waals surface area contributed by atoms with Gasteiger partial charge in [0, 0.05) is 5.25 Å². The maximum atomic E-state index is 13.2. The molecule has 0 aliphatic carbocycles. The lowest BCUT2D eigenvalue weighted by molar-refractivity contribution is -0.115. The monoisotopic (exact) mass is 387 g/mol. The van der Waals surface area contributed by atoms with Gasteiger partial charge in [0.1, 0.15) is 5.82 Å². The summed E-state index contributed by atoms with van der Waals surface area (Å²) in [5.74, 6) is -0.588. The summed E-state index contributed by atoms with van der Waals surface area (Å²) in [6.45, 7) is 2.13. The Morgan fingerprint density at radius 3 is 2.73 bits per heavy atom. The van der Waals surface area contributed by atoms with E-state index in [0.29, 0.717) is 15.9 Å². The molecule has 0 saturated heterocycles. The summed E-state index contributed by atoms with van der Waals surface area (Å²) in [6, 6.07) is 16.3. The third kappa shape index (κ3) is 5.12. The highest BCUT2D eigenvalue weighted by atomic mass is 32.2. The van der Waals surface area contributed by atoms with Gasteiger partial charge in [0.2, 0.25) is 11.0 Å². The fourth-order valence-corrected chi connectivity index (χ4v) is 4.54. The molecule has 1 N–H and O–H groups in total. The molecule has 26 heavy (non-hydrogen) atoms. The number of amides is 1. The quantitative estimate of drug-likeness (QED) is 0.452. The molecule has 2 aromatic carbocycles.